The number of aryl methyl sites for hydroxylation is 2. The van der Waals surface area contributed by atoms with Crippen LogP contribution in [-0.2, 0) is 11.2 Å². The second kappa shape index (κ2) is 12.9. The first kappa shape index (κ1) is 34.8. The van der Waals surface area contributed by atoms with Gasteiger partial charge in [0.05, 0.1) is 11.7 Å². The Morgan fingerprint density at radius 3 is 2.51 bits per heavy atom. The van der Waals surface area contributed by atoms with E-state index in [4.69, 9.17) is 14.7 Å². The summed E-state index contributed by atoms with van der Waals surface area (Å²) in [5.41, 5.74) is 3.38. The van der Waals surface area contributed by atoms with E-state index in [-0.39, 0.29) is 23.0 Å². The number of piperidine rings is 1. The van der Waals surface area contributed by atoms with Crippen LogP contribution in [0.15, 0.2) is 42.2 Å². The van der Waals surface area contributed by atoms with Crippen LogP contribution in [0.4, 0.5) is 19.0 Å². The molecule has 0 radical (unpaired) electrons. The van der Waals surface area contributed by atoms with Gasteiger partial charge < -0.3 is 14.5 Å². The summed E-state index contributed by atoms with van der Waals surface area (Å²) in [4.78, 5) is 39.9. The zero-order valence-electron chi connectivity index (χ0n) is 29.4. The topological polar surface area (TPSA) is 120 Å². The average Bonchev–Trinajstić information content (AvgIpc) is 3.55. The lowest BCUT2D eigenvalue weighted by molar-refractivity contribution is -0.153. The first-order chi connectivity index (χ1) is 24.2. The van der Waals surface area contributed by atoms with E-state index in [1.54, 1.807) is 20.0 Å². The fraction of sp³-hybridized carbons (Fsp3) is 0.514. The highest BCUT2D eigenvalue weighted by atomic mass is 19.4. The van der Waals surface area contributed by atoms with Crippen molar-refractivity contribution >= 4 is 33.5 Å². The zero-order valence-corrected chi connectivity index (χ0v) is 29.4. The maximum Gasteiger partial charge on any atom is 0.422 e. The van der Waals surface area contributed by atoms with E-state index in [0.29, 0.717) is 80.3 Å². The van der Waals surface area contributed by atoms with Gasteiger partial charge in [0, 0.05) is 73.5 Å². The van der Waals surface area contributed by atoms with Crippen molar-refractivity contribution in [3.8, 4) is 16.9 Å². The van der Waals surface area contributed by atoms with Crippen LogP contribution in [0.1, 0.15) is 56.5 Å². The number of alkyl halides is 3. The van der Waals surface area contributed by atoms with E-state index in [2.05, 4.69) is 31.8 Å². The Balaban J connectivity index is 1.37. The van der Waals surface area contributed by atoms with Crippen molar-refractivity contribution in [2.24, 2.45) is 10.6 Å². The molecule has 0 saturated carbocycles. The minimum Gasteiger partial charge on any atom is -0.481 e. The van der Waals surface area contributed by atoms with Crippen molar-refractivity contribution in [1.29, 1.82) is 0 Å². The normalized spacial score (nSPS) is 18.3. The number of halogens is 3. The predicted molar refractivity (Wildman–Crippen MR) is 190 cm³/mol. The maximum absolute atomic E-state index is 14.0. The minimum absolute atomic E-state index is 0.0261. The third-order valence-electron chi connectivity index (χ3n) is 10.7. The quantitative estimate of drug-likeness (QED) is 0.146. The molecule has 0 unspecified atom stereocenters. The average molecular weight is 705 g/mol. The summed E-state index contributed by atoms with van der Waals surface area (Å²) in [7, 11) is 0. The van der Waals surface area contributed by atoms with Gasteiger partial charge in [-0.2, -0.15) is 23.2 Å². The Bertz CT molecular complexity index is 2000. The molecule has 4 aromatic rings. The van der Waals surface area contributed by atoms with Gasteiger partial charge >= 0.3 is 6.18 Å². The molecule has 7 rings (SSSR count). The van der Waals surface area contributed by atoms with Crippen molar-refractivity contribution in [3.05, 3.63) is 58.9 Å². The molecular formula is C37H43F3N8O3. The molecule has 2 aromatic heterocycles. The third kappa shape index (κ3) is 6.54. The van der Waals surface area contributed by atoms with E-state index >= 15 is 0 Å². The molecule has 5 heterocycles. The molecule has 3 fully saturated rings. The molecule has 11 nitrogen and oxygen atoms in total. The number of carbonyl (C=O) groups is 1. The number of anilines is 1. The van der Waals surface area contributed by atoms with Gasteiger partial charge in [-0.1, -0.05) is 24.7 Å². The van der Waals surface area contributed by atoms with Gasteiger partial charge in [0.2, 0.25) is 5.91 Å². The Morgan fingerprint density at radius 2 is 1.86 bits per heavy atom. The van der Waals surface area contributed by atoms with Gasteiger partial charge in [-0.05, 0) is 74.9 Å². The van der Waals surface area contributed by atoms with Gasteiger partial charge in [-0.25, -0.2) is 9.97 Å². The number of aromatic nitrogens is 4. The zero-order chi connectivity index (χ0) is 36.3. The van der Waals surface area contributed by atoms with Gasteiger partial charge in [0.15, 0.2) is 12.4 Å². The van der Waals surface area contributed by atoms with E-state index in [0.717, 1.165) is 40.4 Å². The molecule has 3 aliphatic rings. The van der Waals surface area contributed by atoms with Gasteiger partial charge in [-0.15, -0.1) is 0 Å². The molecule has 270 valence electrons. The van der Waals surface area contributed by atoms with Crippen LogP contribution in [0.3, 0.4) is 0 Å². The van der Waals surface area contributed by atoms with E-state index in [9.17, 15) is 22.9 Å². The smallest absolute Gasteiger partial charge is 0.422 e. The first-order valence-corrected chi connectivity index (χ1v) is 17.5. The highest BCUT2D eigenvalue weighted by molar-refractivity contribution is 6.05. The summed E-state index contributed by atoms with van der Waals surface area (Å²) in [6.45, 7) is 14.0. The molecule has 1 N–H and O–H groups in total. The van der Waals surface area contributed by atoms with Gasteiger partial charge in [0.25, 0.3) is 0 Å². The Labute approximate surface area is 294 Å². The van der Waals surface area contributed by atoms with Crippen LogP contribution in [0.2, 0.25) is 0 Å². The van der Waals surface area contributed by atoms with Crippen LogP contribution < -0.4 is 9.64 Å². The van der Waals surface area contributed by atoms with Crippen molar-refractivity contribution in [2.75, 3.05) is 57.3 Å². The fourth-order valence-electron chi connectivity index (χ4n) is 8.02. The van der Waals surface area contributed by atoms with E-state index in [1.165, 1.54) is 6.08 Å². The summed E-state index contributed by atoms with van der Waals surface area (Å²) < 4.78 is 47.7. The maximum atomic E-state index is 14.0. The van der Waals surface area contributed by atoms with Gasteiger partial charge in [0.1, 0.15) is 22.7 Å². The summed E-state index contributed by atoms with van der Waals surface area (Å²) >= 11 is 0. The number of ether oxygens (including phenoxy) is 1. The molecule has 2 aromatic carbocycles. The molecule has 1 amide bonds. The molecule has 0 atom stereocenters. The Kier molecular flexibility index (Phi) is 8.79. The fourth-order valence-corrected chi connectivity index (χ4v) is 8.02. The number of benzene rings is 2. The number of nitrogens with one attached hydrogen (secondary N) is 1. The lowest BCUT2D eigenvalue weighted by atomic mass is 9.72. The lowest BCUT2D eigenvalue weighted by Crippen LogP contribution is -2.61. The number of aromatic amines is 1. The van der Waals surface area contributed by atoms with Crippen LogP contribution in [-0.4, -0.2) is 100 Å². The molecule has 0 aliphatic carbocycles. The van der Waals surface area contributed by atoms with Crippen molar-refractivity contribution in [1.82, 2.24) is 30.0 Å². The van der Waals surface area contributed by atoms with Crippen LogP contribution in [0, 0.1) is 17.2 Å². The SMILES string of the molecule is C=CC(=O)N1CC2(CCN(c3nc(C4CN(CC(C)(C)N=O)C4)nc4c(OCC(F)(F)F)c(-c5c(C)ccc6[nH]ncc56)c(CC)cc34)CC2)C1. The number of nitrogens with zero attached hydrogens (tertiary/aromatic N) is 7. The summed E-state index contributed by atoms with van der Waals surface area (Å²) in [6.07, 6.45) is 0.672. The second-order valence-corrected chi connectivity index (χ2v) is 15.1. The molecule has 0 bridgehead atoms. The summed E-state index contributed by atoms with van der Waals surface area (Å²) in [5.74, 6) is 1.13. The van der Waals surface area contributed by atoms with Crippen molar-refractivity contribution in [2.45, 2.75) is 64.6 Å². The van der Waals surface area contributed by atoms with E-state index < -0.39 is 18.3 Å². The number of amides is 1. The third-order valence-corrected chi connectivity index (χ3v) is 10.7. The highest BCUT2D eigenvalue weighted by Crippen LogP contribution is 2.48. The summed E-state index contributed by atoms with van der Waals surface area (Å²) in [5, 5.41) is 11.9. The number of hydrogen-bond acceptors (Lipinski definition) is 9. The number of nitroso groups, excluding NO2 is 1. The molecule has 14 heteroatoms. The number of rotatable bonds is 10. The van der Waals surface area contributed by atoms with Crippen molar-refractivity contribution < 1.29 is 22.7 Å². The van der Waals surface area contributed by atoms with Crippen LogP contribution in [0.25, 0.3) is 32.9 Å². The number of H-pyrrole nitrogens is 1. The molecule has 51 heavy (non-hydrogen) atoms. The molecular weight excluding hydrogens is 661 g/mol. The first-order valence-electron chi connectivity index (χ1n) is 17.5. The van der Waals surface area contributed by atoms with Gasteiger partial charge in [-0.3, -0.25) is 14.8 Å². The molecule has 1 spiro atoms. The molecule has 3 aliphatic heterocycles. The minimum atomic E-state index is -4.58. The van der Waals surface area contributed by atoms with E-state index in [1.807, 2.05) is 36.9 Å². The highest BCUT2D eigenvalue weighted by Gasteiger charge is 2.47. The monoisotopic (exact) mass is 704 g/mol. The molecule has 3 saturated heterocycles. The largest absolute Gasteiger partial charge is 0.481 e. The number of likely N-dealkylation sites (tertiary alicyclic amines) is 2. The summed E-state index contributed by atoms with van der Waals surface area (Å²) in [6, 6.07) is 5.85. The van der Waals surface area contributed by atoms with Crippen LogP contribution in [0.5, 0.6) is 5.75 Å². The Hall–Kier alpha value is -4.59. The number of hydrogen-bond donors (Lipinski definition) is 1. The number of fused-ring (bicyclic) bond motifs is 2. The van der Waals surface area contributed by atoms with Crippen LogP contribution >= 0.6 is 0 Å². The standard InChI is InChI=1S/C37H43F3N8O3/c1-6-23-14-25-31(32(51-21-37(38,39)40)30(23)29-22(3)8-9-27-26(29)15-41-44-27)42-33(24-16-46(17-24)18-35(4,5)45-50)43-34(25)47-12-10-36(11-13-47)19-48(20-36)28(49)7-2/h7-9,14-15,24H,2,6,10-13,16-21H2,1,3-5H3,(H,41,44). The lowest BCUT2D eigenvalue weighted by Gasteiger charge is -2.54. The van der Waals surface area contributed by atoms with Crippen molar-refractivity contribution in [3.63, 3.8) is 0 Å². The Morgan fingerprint density at radius 1 is 1.14 bits per heavy atom. The number of carbonyl (C=O) groups excluding carboxylic acids is 1. The second-order valence-electron chi connectivity index (χ2n) is 15.1. The predicted octanol–water partition coefficient (Wildman–Crippen LogP) is 6.54.